The van der Waals surface area contributed by atoms with E-state index in [9.17, 15) is 14.7 Å². The summed E-state index contributed by atoms with van der Waals surface area (Å²) in [5, 5.41) is 23.3. The first-order valence-electron chi connectivity index (χ1n) is 10.5. The first-order chi connectivity index (χ1) is 15.3. The van der Waals surface area contributed by atoms with Crippen LogP contribution in [0, 0.1) is 5.92 Å². The molecule has 3 rings (SSSR count). The van der Waals surface area contributed by atoms with E-state index >= 15 is 0 Å². The summed E-state index contributed by atoms with van der Waals surface area (Å²) in [5.41, 5.74) is 0.543. The van der Waals surface area contributed by atoms with Gasteiger partial charge in [-0.2, -0.15) is 5.10 Å². The molecule has 2 N–H and O–H groups in total. The largest absolute Gasteiger partial charge is 0.458 e. The Labute approximate surface area is 192 Å². The lowest BCUT2D eigenvalue weighted by molar-refractivity contribution is -0.135. The van der Waals surface area contributed by atoms with Gasteiger partial charge in [-0.1, -0.05) is 37.6 Å². The number of Topliss-reactive ketones (excluding diaryl/α,β-unsaturated/α-hetero) is 1. The lowest BCUT2D eigenvalue weighted by Gasteiger charge is -2.28. The van der Waals surface area contributed by atoms with E-state index in [1.807, 2.05) is 13.8 Å². The van der Waals surface area contributed by atoms with E-state index in [1.54, 1.807) is 36.5 Å². The number of halogens is 1. The van der Waals surface area contributed by atoms with Gasteiger partial charge in [0.1, 0.15) is 11.5 Å². The molecule has 1 aromatic carbocycles. The van der Waals surface area contributed by atoms with Crippen LogP contribution in [0.5, 0.6) is 5.75 Å². The Kier molecular flexibility index (Phi) is 8.06. The van der Waals surface area contributed by atoms with Crippen molar-refractivity contribution in [2.24, 2.45) is 5.92 Å². The van der Waals surface area contributed by atoms with Crippen LogP contribution < -0.4 is 4.74 Å². The molecular formula is C23H28ClN3O5. The molecule has 1 aliphatic rings. The van der Waals surface area contributed by atoms with Crippen LogP contribution in [0.3, 0.4) is 0 Å². The van der Waals surface area contributed by atoms with E-state index in [0.29, 0.717) is 28.6 Å². The molecule has 2 aromatic rings. The molecule has 0 spiro atoms. The Morgan fingerprint density at radius 3 is 2.72 bits per heavy atom. The minimum Gasteiger partial charge on any atom is -0.458 e. The smallest absolute Gasteiger partial charge is 0.251 e. The van der Waals surface area contributed by atoms with Crippen LogP contribution in [0.1, 0.15) is 26.0 Å². The van der Waals surface area contributed by atoms with Crippen LogP contribution in [0.25, 0.3) is 0 Å². The number of aromatic nitrogens is 2. The molecule has 1 amide bonds. The lowest BCUT2D eigenvalue weighted by atomic mass is 9.96. The van der Waals surface area contributed by atoms with Crippen molar-refractivity contribution in [3.05, 3.63) is 59.1 Å². The van der Waals surface area contributed by atoms with Gasteiger partial charge in [-0.05, 0) is 30.5 Å². The number of ether oxygens (including phenoxy) is 1. The number of hydrogen-bond acceptors (Lipinski definition) is 6. The molecular weight excluding hydrogens is 434 g/mol. The number of aliphatic hydroxyl groups is 2. The van der Waals surface area contributed by atoms with Gasteiger partial charge in [0.05, 0.1) is 49.0 Å². The van der Waals surface area contributed by atoms with Gasteiger partial charge in [0.2, 0.25) is 0 Å². The van der Waals surface area contributed by atoms with Crippen molar-refractivity contribution in [2.45, 2.75) is 45.4 Å². The van der Waals surface area contributed by atoms with E-state index in [2.05, 4.69) is 5.10 Å². The molecule has 32 heavy (non-hydrogen) atoms. The minimum absolute atomic E-state index is 0.0596. The molecule has 0 bridgehead atoms. The maximum Gasteiger partial charge on any atom is 0.251 e. The van der Waals surface area contributed by atoms with Gasteiger partial charge >= 0.3 is 0 Å². The normalized spacial score (nSPS) is 15.8. The van der Waals surface area contributed by atoms with Gasteiger partial charge in [-0.15, -0.1) is 0 Å². The lowest BCUT2D eigenvalue weighted by Crippen LogP contribution is -2.44. The molecule has 2 atom stereocenters. The molecule has 0 radical (unpaired) electrons. The van der Waals surface area contributed by atoms with Crippen LogP contribution in [0.2, 0.25) is 5.02 Å². The second kappa shape index (κ2) is 10.8. The maximum absolute atomic E-state index is 13.2. The predicted molar refractivity (Wildman–Crippen MR) is 119 cm³/mol. The van der Waals surface area contributed by atoms with Crippen LogP contribution >= 0.6 is 11.6 Å². The second-order valence-corrected chi connectivity index (χ2v) is 8.67. The Balaban J connectivity index is 1.69. The molecule has 0 fully saturated rings. The highest BCUT2D eigenvalue weighted by Gasteiger charge is 2.34. The summed E-state index contributed by atoms with van der Waals surface area (Å²) in [6, 6.07) is 8.09. The second-order valence-electron chi connectivity index (χ2n) is 8.26. The number of benzene rings is 1. The first kappa shape index (κ1) is 24.0. The van der Waals surface area contributed by atoms with Crippen molar-refractivity contribution in [1.82, 2.24) is 14.7 Å². The fourth-order valence-electron chi connectivity index (χ4n) is 3.56. The summed E-state index contributed by atoms with van der Waals surface area (Å²) >= 11 is 6.15. The molecule has 9 heteroatoms. The van der Waals surface area contributed by atoms with Crippen molar-refractivity contribution >= 4 is 23.3 Å². The van der Waals surface area contributed by atoms with E-state index in [0.717, 1.165) is 0 Å². The Morgan fingerprint density at radius 1 is 1.28 bits per heavy atom. The molecule has 0 saturated carbocycles. The van der Waals surface area contributed by atoms with Crippen LogP contribution in [0.4, 0.5) is 0 Å². The topological polar surface area (TPSA) is 105 Å². The fraction of sp³-hybridized carbons (Fsp3) is 0.435. The third-order valence-electron chi connectivity index (χ3n) is 5.07. The third kappa shape index (κ3) is 6.18. The highest BCUT2D eigenvalue weighted by molar-refractivity contribution is 6.32. The van der Waals surface area contributed by atoms with E-state index < -0.39 is 12.1 Å². The molecule has 0 saturated heterocycles. The number of rotatable bonds is 11. The molecule has 1 aliphatic heterocycles. The van der Waals surface area contributed by atoms with Gasteiger partial charge in [-0.25, -0.2) is 0 Å². The molecule has 0 unspecified atom stereocenters. The van der Waals surface area contributed by atoms with Crippen LogP contribution in [0.15, 0.2) is 48.4 Å². The fourth-order valence-corrected chi connectivity index (χ4v) is 3.73. The predicted octanol–water partition coefficient (Wildman–Crippen LogP) is 2.22. The van der Waals surface area contributed by atoms with Gasteiger partial charge in [-0.3, -0.25) is 14.3 Å². The van der Waals surface area contributed by atoms with Crippen molar-refractivity contribution in [3.63, 3.8) is 0 Å². The average molecular weight is 462 g/mol. The van der Waals surface area contributed by atoms with Gasteiger partial charge in [0.25, 0.3) is 5.91 Å². The highest BCUT2D eigenvalue weighted by atomic mass is 35.5. The number of ketones is 1. The molecule has 1 aromatic heterocycles. The van der Waals surface area contributed by atoms with E-state index in [1.165, 1.54) is 15.7 Å². The molecule has 2 heterocycles. The summed E-state index contributed by atoms with van der Waals surface area (Å²) in [7, 11) is 0. The van der Waals surface area contributed by atoms with Crippen molar-refractivity contribution < 1.29 is 24.5 Å². The number of hydrogen-bond donors (Lipinski definition) is 2. The van der Waals surface area contributed by atoms with Crippen LogP contribution in [-0.2, 0) is 22.6 Å². The zero-order valence-electron chi connectivity index (χ0n) is 18.1. The van der Waals surface area contributed by atoms with E-state index in [4.69, 9.17) is 21.4 Å². The van der Waals surface area contributed by atoms with Crippen molar-refractivity contribution in [3.8, 4) is 5.75 Å². The quantitative estimate of drug-likeness (QED) is 0.531. The first-order valence-corrected chi connectivity index (χ1v) is 10.9. The van der Waals surface area contributed by atoms with Crippen LogP contribution in [-0.4, -0.2) is 61.9 Å². The number of aliphatic hydroxyl groups excluding tert-OH is 2. The zero-order valence-corrected chi connectivity index (χ0v) is 18.9. The standard InChI is InChI=1S/C23H28ClN3O5/c1-15(2)9-20(21(30)10-16-7-8-26(25-16)12-17(29)14-28)27-13-18(11-23(27)31)32-22-6-4-3-5-19(22)24/h3-8,11,15,17,20,28-29H,9-10,12-14H2,1-2H3/t17-,20+/m1/s1. The van der Waals surface area contributed by atoms with Crippen molar-refractivity contribution in [1.29, 1.82) is 0 Å². The van der Waals surface area contributed by atoms with Gasteiger partial charge in [0, 0.05) is 12.3 Å². The van der Waals surface area contributed by atoms with Gasteiger partial charge in [0.15, 0.2) is 5.78 Å². The summed E-state index contributed by atoms with van der Waals surface area (Å²) in [5.74, 6) is 0.696. The highest BCUT2D eigenvalue weighted by Crippen LogP contribution is 2.28. The Hall–Kier alpha value is -2.68. The third-order valence-corrected chi connectivity index (χ3v) is 5.39. The molecule has 172 valence electrons. The Morgan fingerprint density at radius 2 is 2.03 bits per heavy atom. The summed E-state index contributed by atoms with van der Waals surface area (Å²) in [4.78, 5) is 27.4. The minimum atomic E-state index is -0.919. The summed E-state index contributed by atoms with van der Waals surface area (Å²) < 4.78 is 7.29. The SMILES string of the molecule is CC(C)C[C@@H](C(=O)Cc1ccn(C[C@@H](O)CO)n1)N1CC(Oc2ccccc2Cl)=CC1=O. The molecule has 0 aliphatic carbocycles. The number of nitrogens with zero attached hydrogens (tertiary/aromatic N) is 3. The monoisotopic (exact) mass is 461 g/mol. The maximum atomic E-state index is 13.2. The zero-order chi connectivity index (χ0) is 23.3. The molecule has 8 nitrogen and oxygen atoms in total. The number of carbonyl (C=O) groups excluding carboxylic acids is 2. The summed E-state index contributed by atoms with van der Waals surface area (Å²) in [6.07, 6.45) is 2.70. The Bertz CT molecular complexity index is 988. The number of carbonyl (C=O) groups is 2. The number of para-hydroxylation sites is 1. The van der Waals surface area contributed by atoms with E-state index in [-0.39, 0.29) is 43.7 Å². The van der Waals surface area contributed by atoms with Gasteiger partial charge < -0.3 is 19.8 Å². The van der Waals surface area contributed by atoms with Crippen molar-refractivity contribution in [2.75, 3.05) is 13.2 Å². The average Bonchev–Trinajstić information content (AvgIpc) is 3.33. The number of amides is 1. The summed E-state index contributed by atoms with van der Waals surface area (Å²) in [6.45, 7) is 3.95.